The van der Waals surface area contributed by atoms with Crippen LogP contribution in [0.4, 0.5) is 11.4 Å². The van der Waals surface area contributed by atoms with Crippen LogP contribution in [0.15, 0.2) is 72.8 Å². The summed E-state index contributed by atoms with van der Waals surface area (Å²) in [5.41, 5.74) is 4.62. The predicted molar refractivity (Wildman–Crippen MR) is 140 cm³/mol. The number of anilines is 1. The quantitative estimate of drug-likeness (QED) is 0.274. The summed E-state index contributed by atoms with van der Waals surface area (Å²) in [5.74, 6) is -2.61. The Morgan fingerprint density at radius 3 is 1.76 bits per heavy atom. The molecule has 3 aromatic rings. The summed E-state index contributed by atoms with van der Waals surface area (Å²) in [6.45, 7) is 1.99. The molecule has 0 aromatic heterocycles. The molecule has 2 bridgehead atoms. The molecule has 8 heteroatoms. The molecule has 8 nitrogen and oxygen atoms in total. The van der Waals surface area contributed by atoms with Gasteiger partial charge in [0.05, 0.1) is 16.8 Å². The number of benzene rings is 3. The normalized spacial score (nSPS) is 23.4. The summed E-state index contributed by atoms with van der Waals surface area (Å²) in [6.07, 6.45) is 1.81. The van der Waals surface area contributed by atoms with Crippen molar-refractivity contribution in [3.63, 3.8) is 0 Å². The third-order valence-electron chi connectivity index (χ3n) is 8.27. The van der Waals surface area contributed by atoms with Crippen molar-refractivity contribution < 1.29 is 19.3 Å². The highest BCUT2D eigenvalue weighted by atomic mass is 16.6. The predicted octanol–water partition coefficient (Wildman–Crippen LogP) is 4.98. The maximum absolute atomic E-state index is 14.1. The molecule has 0 saturated carbocycles. The van der Waals surface area contributed by atoms with E-state index in [0.717, 1.165) is 28.7 Å². The molecule has 0 unspecified atom stereocenters. The summed E-state index contributed by atoms with van der Waals surface area (Å²) in [4.78, 5) is 53.4. The lowest BCUT2D eigenvalue weighted by Crippen LogP contribution is -2.48. The van der Waals surface area contributed by atoms with E-state index < -0.39 is 28.7 Å². The van der Waals surface area contributed by atoms with Gasteiger partial charge in [0, 0.05) is 29.7 Å². The number of nitro benzene ring substituents is 1. The van der Waals surface area contributed by atoms with Crippen LogP contribution in [-0.2, 0) is 14.4 Å². The van der Waals surface area contributed by atoms with Crippen molar-refractivity contribution in [1.29, 1.82) is 0 Å². The number of amides is 3. The molecule has 3 amide bonds. The van der Waals surface area contributed by atoms with E-state index in [2.05, 4.69) is 29.6 Å². The summed E-state index contributed by atoms with van der Waals surface area (Å²) in [6, 6.07) is 20.6. The summed E-state index contributed by atoms with van der Waals surface area (Å²) >= 11 is 0. The first-order valence-electron chi connectivity index (χ1n) is 13.0. The monoisotopic (exact) mass is 509 g/mol. The molecule has 0 spiro atoms. The van der Waals surface area contributed by atoms with Gasteiger partial charge in [-0.15, -0.1) is 0 Å². The fraction of sp³-hybridized carbons (Fsp3) is 0.300. The number of hydrogen-bond donors (Lipinski definition) is 1. The molecule has 0 radical (unpaired) electrons. The van der Waals surface area contributed by atoms with Gasteiger partial charge in [-0.25, -0.2) is 0 Å². The van der Waals surface area contributed by atoms with Crippen LogP contribution in [0, 0.1) is 22.0 Å². The Kier molecular flexibility index (Phi) is 5.82. The number of imide groups is 1. The fourth-order valence-electron chi connectivity index (χ4n) is 6.67. The van der Waals surface area contributed by atoms with Crippen LogP contribution in [0.1, 0.15) is 60.3 Å². The maximum Gasteiger partial charge on any atom is 0.269 e. The van der Waals surface area contributed by atoms with E-state index >= 15 is 0 Å². The van der Waals surface area contributed by atoms with E-state index in [1.54, 1.807) is 0 Å². The number of nitrogens with zero attached hydrogens (tertiary/aromatic N) is 2. The number of rotatable bonds is 7. The lowest BCUT2D eigenvalue weighted by atomic mass is 9.55. The average Bonchev–Trinajstić information content (AvgIpc) is 3.19. The van der Waals surface area contributed by atoms with Gasteiger partial charge in [0.1, 0.15) is 6.04 Å². The van der Waals surface area contributed by atoms with Gasteiger partial charge in [-0.1, -0.05) is 68.3 Å². The molecule has 4 aliphatic rings. The topological polar surface area (TPSA) is 110 Å². The number of non-ortho nitro benzene ring substituents is 1. The van der Waals surface area contributed by atoms with Gasteiger partial charge in [0.2, 0.25) is 17.7 Å². The fourth-order valence-corrected chi connectivity index (χ4v) is 6.67. The Labute approximate surface area is 219 Å². The largest absolute Gasteiger partial charge is 0.324 e. The number of likely N-dealkylation sites (tertiary alicyclic amines) is 1. The van der Waals surface area contributed by atoms with Crippen LogP contribution < -0.4 is 5.32 Å². The van der Waals surface area contributed by atoms with Gasteiger partial charge in [-0.05, 0) is 40.8 Å². The molecule has 3 aromatic carbocycles. The zero-order valence-electron chi connectivity index (χ0n) is 20.9. The van der Waals surface area contributed by atoms with Crippen molar-refractivity contribution in [3.05, 3.63) is 105 Å². The zero-order valence-corrected chi connectivity index (χ0v) is 20.9. The Bertz CT molecular complexity index is 1350. The van der Waals surface area contributed by atoms with Crippen molar-refractivity contribution >= 4 is 29.1 Å². The van der Waals surface area contributed by atoms with Gasteiger partial charge in [0.25, 0.3) is 5.69 Å². The van der Waals surface area contributed by atoms with Gasteiger partial charge in [-0.2, -0.15) is 0 Å². The lowest BCUT2D eigenvalue weighted by molar-refractivity contribution is -0.384. The Hall–Kier alpha value is -4.33. The van der Waals surface area contributed by atoms with Crippen molar-refractivity contribution in [1.82, 2.24) is 4.90 Å². The van der Waals surface area contributed by atoms with Gasteiger partial charge in [-0.3, -0.25) is 29.4 Å². The summed E-state index contributed by atoms with van der Waals surface area (Å²) in [7, 11) is 0. The van der Waals surface area contributed by atoms with Gasteiger partial charge in [0.15, 0.2) is 0 Å². The highest BCUT2D eigenvalue weighted by Gasteiger charge is 2.62. The lowest BCUT2D eigenvalue weighted by Gasteiger charge is -2.45. The second-order valence-electron chi connectivity index (χ2n) is 10.3. The SMILES string of the molecule is CCCC[C@H](C(=O)Nc1ccc([N+](=O)[O-])cc1)N1C(=O)[C@@H]2C3c4ccccc4C(c4ccccc43)[C@H]2C1=O. The molecule has 1 aliphatic heterocycles. The van der Waals surface area contributed by atoms with Crippen molar-refractivity contribution in [2.45, 2.75) is 44.1 Å². The van der Waals surface area contributed by atoms with Gasteiger partial charge < -0.3 is 5.32 Å². The van der Waals surface area contributed by atoms with Crippen LogP contribution in [0.3, 0.4) is 0 Å². The molecule has 3 aliphatic carbocycles. The molecule has 38 heavy (non-hydrogen) atoms. The summed E-state index contributed by atoms with van der Waals surface area (Å²) in [5, 5.41) is 13.8. The number of nitrogens with one attached hydrogen (secondary N) is 1. The van der Waals surface area contributed by atoms with E-state index in [9.17, 15) is 24.5 Å². The Balaban J connectivity index is 1.36. The van der Waals surface area contributed by atoms with E-state index in [1.807, 2.05) is 31.2 Å². The van der Waals surface area contributed by atoms with Crippen molar-refractivity contribution in [3.8, 4) is 0 Å². The van der Waals surface area contributed by atoms with E-state index in [-0.39, 0.29) is 29.3 Å². The molecule has 7 rings (SSSR count). The molecule has 1 heterocycles. The smallest absolute Gasteiger partial charge is 0.269 e. The molecule has 3 atom stereocenters. The average molecular weight is 510 g/mol. The Morgan fingerprint density at radius 1 is 0.868 bits per heavy atom. The first-order chi connectivity index (χ1) is 18.4. The van der Waals surface area contributed by atoms with Crippen molar-refractivity contribution in [2.24, 2.45) is 11.8 Å². The van der Waals surface area contributed by atoms with Crippen molar-refractivity contribution in [2.75, 3.05) is 5.32 Å². The highest BCUT2D eigenvalue weighted by Crippen LogP contribution is 2.61. The highest BCUT2D eigenvalue weighted by molar-refractivity contribution is 6.11. The minimum absolute atomic E-state index is 0.0888. The number of carbonyl (C=O) groups is 3. The second-order valence-corrected chi connectivity index (χ2v) is 10.3. The van der Waals surface area contributed by atoms with E-state index in [1.165, 1.54) is 29.2 Å². The Morgan fingerprint density at radius 2 is 1.34 bits per heavy atom. The van der Waals surface area contributed by atoms with Crippen LogP contribution in [0.5, 0.6) is 0 Å². The van der Waals surface area contributed by atoms with Crippen LogP contribution in [-0.4, -0.2) is 33.6 Å². The van der Waals surface area contributed by atoms with E-state index in [0.29, 0.717) is 18.5 Å². The number of hydrogen-bond acceptors (Lipinski definition) is 5. The third kappa shape index (κ3) is 3.55. The minimum atomic E-state index is -0.957. The van der Waals surface area contributed by atoms with Crippen LogP contribution >= 0.6 is 0 Å². The van der Waals surface area contributed by atoms with Crippen LogP contribution in [0.25, 0.3) is 0 Å². The summed E-state index contributed by atoms with van der Waals surface area (Å²) < 4.78 is 0. The van der Waals surface area contributed by atoms with Gasteiger partial charge >= 0.3 is 0 Å². The first kappa shape index (κ1) is 24.0. The molecule has 1 N–H and O–H groups in total. The molecule has 1 saturated heterocycles. The third-order valence-corrected chi connectivity index (χ3v) is 8.27. The minimum Gasteiger partial charge on any atom is -0.324 e. The number of carbonyl (C=O) groups excluding carboxylic acids is 3. The number of unbranched alkanes of at least 4 members (excludes halogenated alkanes) is 1. The molecule has 192 valence electrons. The maximum atomic E-state index is 14.1. The molecule has 1 fully saturated rings. The van der Waals surface area contributed by atoms with Crippen LogP contribution in [0.2, 0.25) is 0 Å². The molecular weight excluding hydrogens is 482 g/mol. The second kappa shape index (κ2) is 9.20. The zero-order chi connectivity index (χ0) is 26.6. The number of nitro groups is 1. The first-order valence-corrected chi connectivity index (χ1v) is 13.0. The van der Waals surface area contributed by atoms with E-state index in [4.69, 9.17) is 0 Å². The standard InChI is InChI=1S/C30H27N3O5/c1-2-3-12-23(28(34)31-17-13-15-18(16-14-17)33(37)38)32-29(35)26-24-19-8-4-5-9-20(19)25(27(26)30(32)36)22-11-7-6-10-21(22)24/h4-11,13-16,23-27H,2-3,12H2,1H3,(H,31,34)/t23-,24?,25?,26-,27-/m1/s1. The molecular formula is C30H27N3O5.